The molecule has 4 rings (SSSR count). The van der Waals surface area contributed by atoms with Crippen LogP contribution in [0.5, 0.6) is 0 Å². The van der Waals surface area contributed by atoms with E-state index in [-0.39, 0.29) is 22.9 Å². The number of amides is 2. The molecule has 0 aliphatic carbocycles. The third-order valence-corrected chi connectivity index (χ3v) is 5.81. The van der Waals surface area contributed by atoms with Gasteiger partial charge in [-0.25, -0.2) is 14.8 Å². The molecule has 0 bridgehead atoms. The van der Waals surface area contributed by atoms with Gasteiger partial charge in [-0.1, -0.05) is 18.2 Å². The molecule has 1 fully saturated rings. The lowest BCUT2D eigenvalue weighted by Crippen LogP contribution is -2.46. The number of nitrogens with one attached hydrogen (secondary N) is 1. The fourth-order valence-electron chi connectivity index (χ4n) is 3.83. The van der Waals surface area contributed by atoms with Crippen LogP contribution in [0.4, 0.5) is 19.4 Å². The number of rotatable bonds is 5. The van der Waals surface area contributed by atoms with Crippen LogP contribution < -0.4 is 5.32 Å². The van der Waals surface area contributed by atoms with Gasteiger partial charge in [0.1, 0.15) is 5.82 Å². The SMILES string of the molecule is COC(F)(F)c1cccc([C@@H](C)Nc2nc(Cl)nc3c2CN(C(=O)N2CCOCC2)C3)c1. The summed E-state index contributed by atoms with van der Waals surface area (Å²) in [6, 6.07) is 5.55. The van der Waals surface area contributed by atoms with Crippen LogP contribution in [0.1, 0.15) is 35.3 Å². The summed E-state index contributed by atoms with van der Waals surface area (Å²) in [4.78, 5) is 24.9. The van der Waals surface area contributed by atoms with Crippen molar-refractivity contribution in [1.29, 1.82) is 0 Å². The first-order valence-electron chi connectivity index (χ1n) is 10.3. The Morgan fingerprint density at radius 3 is 2.72 bits per heavy atom. The number of halogens is 3. The van der Waals surface area contributed by atoms with Gasteiger partial charge in [0.2, 0.25) is 5.28 Å². The Morgan fingerprint density at radius 2 is 2.00 bits per heavy atom. The second kappa shape index (κ2) is 9.13. The molecule has 0 unspecified atom stereocenters. The molecule has 2 aliphatic rings. The molecule has 1 aromatic heterocycles. The molecular formula is C21H24ClF2N5O3. The van der Waals surface area contributed by atoms with E-state index in [0.717, 1.165) is 12.7 Å². The molecule has 2 aromatic rings. The van der Waals surface area contributed by atoms with E-state index >= 15 is 0 Å². The van der Waals surface area contributed by atoms with Crippen molar-refractivity contribution >= 4 is 23.4 Å². The molecule has 2 amide bonds. The second-order valence-electron chi connectivity index (χ2n) is 7.72. The predicted molar refractivity (Wildman–Crippen MR) is 113 cm³/mol. The van der Waals surface area contributed by atoms with Gasteiger partial charge < -0.3 is 24.6 Å². The molecule has 1 saturated heterocycles. The molecule has 8 nitrogen and oxygen atoms in total. The van der Waals surface area contributed by atoms with Crippen LogP contribution >= 0.6 is 11.6 Å². The smallest absolute Gasteiger partial charge is 0.378 e. The standard InChI is InChI=1S/C21H24ClF2N5O3/c1-13(14-4-3-5-15(10-14)21(23,24)31-2)25-18-16-11-29(12-17(16)26-19(22)27-18)20(30)28-6-8-32-9-7-28/h3-5,10,13H,6-9,11-12H2,1-2H3,(H,25,26,27)/t13-/m1/s1. The third kappa shape index (κ3) is 4.62. The summed E-state index contributed by atoms with van der Waals surface area (Å²) in [6.45, 7) is 4.61. The number of aromatic nitrogens is 2. The molecule has 3 heterocycles. The quantitative estimate of drug-likeness (QED) is 0.674. The minimum absolute atomic E-state index is 0.0544. The highest BCUT2D eigenvalue weighted by molar-refractivity contribution is 6.28. The van der Waals surface area contributed by atoms with Gasteiger partial charge in [-0.3, -0.25) is 0 Å². The van der Waals surface area contributed by atoms with Crippen molar-refractivity contribution in [1.82, 2.24) is 19.8 Å². The fraction of sp³-hybridized carbons (Fsp3) is 0.476. The monoisotopic (exact) mass is 467 g/mol. The maximum absolute atomic E-state index is 13.9. The average Bonchev–Trinajstić information content (AvgIpc) is 3.23. The minimum Gasteiger partial charge on any atom is -0.378 e. The number of benzene rings is 1. The predicted octanol–water partition coefficient (Wildman–Crippen LogP) is 3.77. The second-order valence-corrected chi connectivity index (χ2v) is 8.05. The van der Waals surface area contributed by atoms with Gasteiger partial charge in [0.15, 0.2) is 0 Å². The van der Waals surface area contributed by atoms with Gasteiger partial charge >= 0.3 is 12.1 Å². The molecule has 2 aliphatic heterocycles. The Hall–Kier alpha value is -2.56. The first-order valence-corrected chi connectivity index (χ1v) is 10.6. The summed E-state index contributed by atoms with van der Waals surface area (Å²) >= 11 is 6.13. The van der Waals surface area contributed by atoms with Crippen molar-refractivity contribution in [2.45, 2.75) is 32.2 Å². The van der Waals surface area contributed by atoms with Gasteiger partial charge in [-0.2, -0.15) is 8.78 Å². The summed E-state index contributed by atoms with van der Waals surface area (Å²) in [5, 5.41) is 3.30. The number of ether oxygens (including phenoxy) is 2. The molecule has 1 N–H and O–H groups in total. The van der Waals surface area contributed by atoms with Crippen molar-refractivity contribution in [3.63, 3.8) is 0 Å². The van der Waals surface area contributed by atoms with Gasteiger partial charge in [0.05, 0.1) is 37.6 Å². The normalized spacial score (nSPS) is 17.3. The van der Waals surface area contributed by atoms with E-state index in [2.05, 4.69) is 20.0 Å². The fourth-order valence-corrected chi connectivity index (χ4v) is 4.02. The number of carbonyl (C=O) groups excluding carboxylic acids is 1. The molecular weight excluding hydrogens is 444 g/mol. The largest absolute Gasteiger partial charge is 0.383 e. The van der Waals surface area contributed by atoms with E-state index in [1.807, 2.05) is 6.92 Å². The number of hydrogen-bond donors (Lipinski definition) is 1. The number of alkyl halides is 2. The van der Waals surface area contributed by atoms with Crippen LogP contribution in [0.25, 0.3) is 0 Å². The van der Waals surface area contributed by atoms with Crippen molar-refractivity contribution in [3.05, 3.63) is 51.9 Å². The summed E-state index contributed by atoms with van der Waals surface area (Å²) in [7, 11) is 0.963. The molecule has 11 heteroatoms. The van der Waals surface area contributed by atoms with Crippen LogP contribution in [-0.4, -0.2) is 59.2 Å². The molecule has 0 radical (unpaired) electrons. The highest BCUT2D eigenvalue weighted by atomic mass is 35.5. The number of carbonyl (C=O) groups is 1. The van der Waals surface area contributed by atoms with Crippen LogP contribution in [0.2, 0.25) is 5.28 Å². The lowest BCUT2D eigenvalue weighted by atomic mass is 10.0. The Bertz CT molecular complexity index is 1000. The highest BCUT2D eigenvalue weighted by Crippen LogP contribution is 2.33. The molecule has 32 heavy (non-hydrogen) atoms. The maximum Gasteiger partial charge on any atom is 0.383 e. The van der Waals surface area contributed by atoms with E-state index in [1.165, 1.54) is 12.1 Å². The molecule has 0 spiro atoms. The summed E-state index contributed by atoms with van der Waals surface area (Å²) in [6.07, 6.45) is -3.38. The van der Waals surface area contributed by atoms with E-state index in [9.17, 15) is 13.6 Å². The number of hydrogen-bond acceptors (Lipinski definition) is 6. The zero-order chi connectivity index (χ0) is 22.9. The van der Waals surface area contributed by atoms with Crippen LogP contribution in [0, 0.1) is 0 Å². The lowest BCUT2D eigenvalue weighted by molar-refractivity contribution is -0.231. The van der Waals surface area contributed by atoms with Gasteiger partial charge in [0, 0.05) is 31.8 Å². The topological polar surface area (TPSA) is 79.8 Å². The van der Waals surface area contributed by atoms with Crippen molar-refractivity contribution in [2.75, 3.05) is 38.7 Å². The minimum atomic E-state index is -3.38. The molecule has 172 valence electrons. The number of nitrogens with zero attached hydrogens (tertiary/aromatic N) is 4. The number of fused-ring (bicyclic) bond motifs is 1. The van der Waals surface area contributed by atoms with Crippen molar-refractivity contribution in [3.8, 4) is 0 Å². The number of morpholine rings is 1. The van der Waals surface area contributed by atoms with Crippen LogP contribution in [0.3, 0.4) is 0 Å². The first kappa shape index (κ1) is 22.6. The Morgan fingerprint density at radius 1 is 1.25 bits per heavy atom. The zero-order valence-corrected chi connectivity index (χ0v) is 18.5. The van der Waals surface area contributed by atoms with E-state index in [0.29, 0.717) is 56.5 Å². The van der Waals surface area contributed by atoms with E-state index in [4.69, 9.17) is 16.3 Å². The summed E-state index contributed by atoms with van der Waals surface area (Å²) in [5.74, 6) is 0.480. The van der Waals surface area contributed by atoms with Crippen molar-refractivity contribution in [2.24, 2.45) is 0 Å². The Balaban J connectivity index is 1.53. The average molecular weight is 468 g/mol. The van der Waals surface area contributed by atoms with Crippen LogP contribution in [-0.2, 0) is 28.7 Å². The first-order chi connectivity index (χ1) is 15.3. The summed E-state index contributed by atoms with van der Waals surface area (Å²) < 4.78 is 37.5. The zero-order valence-electron chi connectivity index (χ0n) is 17.8. The van der Waals surface area contributed by atoms with E-state index < -0.39 is 6.11 Å². The van der Waals surface area contributed by atoms with Crippen LogP contribution in [0.15, 0.2) is 24.3 Å². The van der Waals surface area contributed by atoms with Crippen molar-refractivity contribution < 1.29 is 23.0 Å². The van der Waals surface area contributed by atoms with Gasteiger partial charge in [-0.05, 0) is 30.2 Å². The number of urea groups is 1. The van der Waals surface area contributed by atoms with Gasteiger partial charge in [-0.15, -0.1) is 0 Å². The third-order valence-electron chi connectivity index (χ3n) is 5.64. The lowest BCUT2D eigenvalue weighted by Gasteiger charge is -2.30. The summed E-state index contributed by atoms with van der Waals surface area (Å²) in [5.41, 5.74) is 1.82. The molecule has 1 aromatic carbocycles. The maximum atomic E-state index is 13.9. The molecule has 0 saturated carbocycles. The Kier molecular flexibility index (Phi) is 6.45. The number of anilines is 1. The Labute approximate surface area is 189 Å². The molecule has 1 atom stereocenters. The highest BCUT2D eigenvalue weighted by Gasteiger charge is 2.33. The number of methoxy groups -OCH3 is 1. The van der Waals surface area contributed by atoms with Gasteiger partial charge in [0.25, 0.3) is 0 Å². The van der Waals surface area contributed by atoms with E-state index in [1.54, 1.807) is 21.9 Å².